The van der Waals surface area contributed by atoms with E-state index in [0.717, 1.165) is 23.3 Å². The normalized spacial score (nSPS) is 22.6. The molecular formula is C15H14O2. The summed E-state index contributed by atoms with van der Waals surface area (Å²) in [5.74, 6) is 0.818. The second kappa shape index (κ2) is 4.22. The van der Waals surface area contributed by atoms with Crippen molar-refractivity contribution in [3.05, 3.63) is 65.7 Å². The van der Waals surface area contributed by atoms with Gasteiger partial charge in [-0.05, 0) is 23.6 Å². The lowest BCUT2D eigenvalue weighted by Crippen LogP contribution is -2.30. The Morgan fingerprint density at radius 2 is 1.65 bits per heavy atom. The summed E-state index contributed by atoms with van der Waals surface area (Å²) in [5, 5.41) is 10.0. The van der Waals surface area contributed by atoms with Crippen molar-refractivity contribution >= 4 is 0 Å². The summed E-state index contributed by atoms with van der Waals surface area (Å²) in [6.45, 7) is 0. The average Bonchev–Trinajstić information content (AvgIpc) is 2.39. The van der Waals surface area contributed by atoms with Gasteiger partial charge in [-0.25, -0.2) is 0 Å². The molecule has 0 bridgehead atoms. The van der Waals surface area contributed by atoms with E-state index in [4.69, 9.17) is 4.74 Å². The van der Waals surface area contributed by atoms with Crippen molar-refractivity contribution in [3.63, 3.8) is 0 Å². The van der Waals surface area contributed by atoms with Crippen molar-refractivity contribution in [3.8, 4) is 5.75 Å². The van der Waals surface area contributed by atoms with Gasteiger partial charge in [0.25, 0.3) is 0 Å². The number of hydrogen-bond acceptors (Lipinski definition) is 2. The maximum Gasteiger partial charge on any atom is 0.204 e. The van der Waals surface area contributed by atoms with Gasteiger partial charge in [-0.3, -0.25) is 0 Å². The van der Waals surface area contributed by atoms with Crippen molar-refractivity contribution in [2.45, 2.75) is 18.6 Å². The Bertz CT molecular complexity index is 507. The number of para-hydroxylation sites is 1. The highest BCUT2D eigenvalue weighted by Gasteiger charge is 2.29. The largest absolute Gasteiger partial charge is 0.464 e. The van der Waals surface area contributed by atoms with Crippen LogP contribution in [0.25, 0.3) is 0 Å². The highest BCUT2D eigenvalue weighted by molar-refractivity contribution is 5.38. The fourth-order valence-corrected chi connectivity index (χ4v) is 2.32. The number of hydrogen-bond donors (Lipinski definition) is 1. The first-order chi connectivity index (χ1) is 8.34. The molecule has 0 spiro atoms. The third-order valence-corrected chi connectivity index (χ3v) is 3.23. The van der Waals surface area contributed by atoms with Gasteiger partial charge in [-0.1, -0.05) is 48.5 Å². The third kappa shape index (κ3) is 1.92. The molecule has 2 aromatic carbocycles. The second-order valence-corrected chi connectivity index (χ2v) is 4.34. The molecule has 86 valence electrons. The fraction of sp³-hybridized carbons (Fsp3) is 0.200. The summed E-state index contributed by atoms with van der Waals surface area (Å²) >= 11 is 0. The molecule has 0 fully saturated rings. The van der Waals surface area contributed by atoms with E-state index in [2.05, 4.69) is 6.07 Å². The van der Waals surface area contributed by atoms with Crippen LogP contribution in [0.15, 0.2) is 54.6 Å². The molecule has 2 aromatic rings. The fourth-order valence-electron chi connectivity index (χ4n) is 2.32. The molecular weight excluding hydrogens is 212 g/mol. The van der Waals surface area contributed by atoms with Crippen LogP contribution < -0.4 is 4.74 Å². The van der Waals surface area contributed by atoms with Crippen LogP contribution in [0.5, 0.6) is 5.75 Å². The maximum absolute atomic E-state index is 10.0. The molecule has 0 aromatic heterocycles. The zero-order chi connectivity index (χ0) is 11.7. The smallest absolute Gasteiger partial charge is 0.204 e. The highest BCUT2D eigenvalue weighted by Crippen LogP contribution is 2.35. The second-order valence-electron chi connectivity index (χ2n) is 4.34. The van der Waals surface area contributed by atoms with E-state index in [1.165, 1.54) is 0 Å². The van der Waals surface area contributed by atoms with Crippen LogP contribution in [0.3, 0.4) is 0 Å². The van der Waals surface area contributed by atoms with E-state index in [9.17, 15) is 5.11 Å². The van der Waals surface area contributed by atoms with E-state index >= 15 is 0 Å². The molecule has 2 heteroatoms. The number of fused-ring (bicyclic) bond motifs is 1. The van der Waals surface area contributed by atoms with Crippen LogP contribution in [-0.2, 0) is 6.42 Å². The lowest BCUT2D eigenvalue weighted by Gasteiger charge is -2.30. The van der Waals surface area contributed by atoms with Gasteiger partial charge >= 0.3 is 0 Å². The summed E-state index contributed by atoms with van der Waals surface area (Å²) < 4.78 is 5.55. The molecule has 0 radical (unpaired) electrons. The molecule has 0 saturated carbocycles. The molecule has 0 aliphatic carbocycles. The topological polar surface area (TPSA) is 29.5 Å². The first-order valence-corrected chi connectivity index (χ1v) is 5.82. The molecule has 0 saturated heterocycles. The van der Waals surface area contributed by atoms with Crippen molar-refractivity contribution < 1.29 is 9.84 Å². The summed E-state index contributed by atoms with van der Waals surface area (Å²) in [7, 11) is 0. The standard InChI is InChI=1S/C15H14O2/c16-15-13(11-6-2-1-3-7-11)10-12-8-4-5-9-14(12)17-15/h1-9,13,15-16H,10H2/t13?,15-/m1/s1. The molecule has 17 heavy (non-hydrogen) atoms. The van der Waals surface area contributed by atoms with Crippen molar-refractivity contribution in [2.24, 2.45) is 0 Å². The predicted molar refractivity (Wildman–Crippen MR) is 66.0 cm³/mol. The molecule has 1 unspecified atom stereocenters. The number of benzene rings is 2. The quantitative estimate of drug-likeness (QED) is 0.810. The molecule has 1 N–H and O–H groups in total. The zero-order valence-corrected chi connectivity index (χ0v) is 9.41. The lowest BCUT2D eigenvalue weighted by molar-refractivity contribution is -0.0480. The first kappa shape index (κ1) is 10.4. The van der Waals surface area contributed by atoms with Crippen molar-refractivity contribution in [2.75, 3.05) is 0 Å². The number of ether oxygens (including phenoxy) is 1. The molecule has 2 atom stereocenters. The number of aliphatic hydroxyl groups is 1. The van der Waals surface area contributed by atoms with E-state index in [-0.39, 0.29) is 5.92 Å². The number of rotatable bonds is 1. The minimum absolute atomic E-state index is 0.0195. The number of aliphatic hydroxyl groups excluding tert-OH is 1. The zero-order valence-electron chi connectivity index (χ0n) is 9.41. The summed E-state index contributed by atoms with van der Waals surface area (Å²) in [6.07, 6.45) is 0.0637. The van der Waals surface area contributed by atoms with Gasteiger partial charge in [-0.15, -0.1) is 0 Å². The van der Waals surface area contributed by atoms with Gasteiger partial charge in [0.1, 0.15) is 5.75 Å². The summed E-state index contributed by atoms with van der Waals surface area (Å²) in [6, 6.07) is 17.9. The Balaban J connectivity index is 1.95. The van der Waals surface area contributed by atoms with Gasteiger partial charge in [0, 0.05) is 0 Å². The Morgan fingerprint density at radius 3 is 2.47 bits per heavy atom. The highest BCUT2D eigenvalue weighted by atomic mass is 16.6. The molecule has 0 amide bonds. The Morgan fingerprint density at radius 1 is 0.941 bits per heavy atom. The van der Waals surface area contributed by atoms with Gasteiger partial charge in [-0.2, -0.15) is 0 Å². The third-order valence-electron chi connectivity index (χ3n) is 3.23. The SMILES string of the molecule is O[C@@H]1Oc2ccccc2CC1c1ccccc1. The minimum Gasteiger partial charge on any atom is -0.464 e. The Labute approximate surface area is 100 Å². The van der Waals surface area contributed by atoms with Gasteiger partial charge < -0.3 is 9.84 Å². The van der Waals surface area contributed by atoms with E-state index in [0.29, 0.717) is 0 Å². The van der Waals surface area contributed by atoms with Crippen LogP contribution >= 0.6 is 0 Å². The van der Waals surface area contributed by atoms with Crippen molar-refractivity contribution in [1.29, 1.82) is 0 Å². The van der Waals surface area contributed by atoms with Crippen LogP contribution in [0.2, 0.25) is 0 Å². The van der Waals surface area contributed by atoms with E-state index in [1.54, 1.807) is 0 Å². The summed E-state index contributed by atoms with van der Waals surface area (Å²) in [5.41, 5.74) is 2.28. The lowest BCUT2D eigenvalue weighted by atomic mass is 9.89. The van der Waals surface area contributed by atoms with Crippen LogP contribution in [0, 0.1) is 0 Å². The Kier molecular flexibility index (Phi) is 2.57. The predicted octanol–water partition coefficient (Wildman–Crippen LogP) is 2.72. The molecule has 2 nitrogen and oxygen atoms in total. The van der Waals surface area contributed by atoms with Crippen LogP contribution in [0.4, 0.5) is 0 Å². The monoisotopic (exact) mass is 226 g/mol. The molecule has 1 heterocycles. The Hall–Kier alpha value is -1.80. The molecule has 1 aliphatic heterocycles. The van der Waals surface area contributed by atoms with Gasteiger partial charge in [0.2, 0.25) is 6.29 Å². The minimum atomic E-state index is -0.757. The summed E-state index contributed by atoms with van der Waals surface area (Å²) in [4.78, 5) is 0. The van der Waals surface area contributed by atoms with Crippen molar-refractivity contribution in [1.82, 2.24) is 0 Å². The van der Waals surface area contributed by atoms with Crippen LogP contribution in [0.1, 0.15) is 17.0 Å². The van der Waals surface area contributed by atoms with Crippen LogP contribution in [-0.4, -0.2) is 11.4 Å². The maximum atomic E-state index is 10.0. The van der Waals surface area contributed by atoms with Gasteiger partial charge in [0.15, 0.2) is 0 Å². The van der Waals surface area contributed by atoms with Gasteiger partial charge in [0.05, 0.1) is 5.92 Å². The van der Waals surface area contributed by atoms with E-state index < -0.39 is 6.29 Å². The molecule has 3 rings (SSSR count). The average molecular weight is 226 g/mol. The first-order valence-electron chi connectivity index (χ1n) is 5.82. The van der Waals surface area contributed by atoms with E-state index in [1.807, 2.05) is 48.5 Å². The molecule has 1 aliphatic rings.